The zero-order valence-electron chi connectivity index (χ0n) is 12.9. The zero-order valence-corrected chi connectivity index (χ0v) is 12.9. The van der Waals surface area contributed by atoms with Gasteiger partial charge in [0, 0.05) is 18.9 Å². The highest BCUT2D eigenvalue weighted by atomic mass is 16.3. The van der Waals surface area contributed by atoms with Gasteiger partial charge in [0.2, 0.25) is 0 Å². The fraction of sp³-hybridized carbons (Fsp3) is 0.375. The van der Waals surface area contributed by atoms with Gasteiger partial charge < -0.3 is 15.7 Å². The smallest absolute Gasteiger partial charge is 0.319 e. The van der Waals surface area contributed by atoms with Crippen molar-refractivity contribution >= 4 is 11.7 Å². The van der Waals surface area contributed by atoms with E-state index in [1.54, 1.807) is 10.9 Å². The number of amides is 2. The third-order valence-corrected chi connectivity index (χ3v) is 3.80. The van der Waals surface area contributed by atoms with Crippen molar-refractivity contribution < 1.29 is 9.90 Å². The van der Waals surface area contributed by atoms with Gasteiger partial charge in [-0.2, -0.15) is 5.10 Å². The SMILES string of the molecule is CCC(O)(CC)CNC(=O)Nc1ccccc1-n1cccn1. The Morgan fingerprint density at radius 1 is 1.27 bits per heavy atom. The predicted molar refractivity (Wildman–Crippen MR) is 86.1 cm³/mol. The molecule has 2 rings (SSSR count). The van der Waals surface area contributed by atoms with Gasteiger partial charge in [-0.1, -0.05) is 26.0 Å². The van der Waals surface area contributed by atoms with Crippen molar-refractivity contribution in [2.45, 2.75) is 32.3 Å². The molecular weight excluding hydrogens is 280 g/mol. The molecule has 3 N–H and O–H groups in total. The van der Waals surface area contributed by atoms with Crippen molar-refractivity contribution in [2.24, 2.45) is 0 Å². The van der Waals surface area contributed by atoms with Crippen LogP contribution in [0.5, 0.6) is 0 Å². The largest absolute Gasteiger partial charge is 0.388 e. The number of aromatic nitrogens is 2. The monoisotopic (exact) mass is 302 g/mol. The number of rotatable bonds is 6. The van der Waals surface area contributed by atoms with Crippen LogP contribution in [0.1, 0.15) is 26.7 Å². The highest BCUT2D eigenvalue weighted by molar-refractivity contribution is 5.91. The summed E-state index contributed by atoms with van der Waals surface area (Å²) in [6, 6.07) is 8.88. The molecular formula is C16H22N4O2. The number of carbonyl (C=O) groups is 1. The van der Waals surface area contributed by atoms with Crippen molar-refractivity contribution in [3.8, 4) is 5.69 Å². The van der Waals surface area contributed by atoms with E-state index < -0.39 is 5.60 Å². The Bertz CT molecular complexity index is 606. The topological polar surface area (TPSA) is 79.2 Å². The lowest BCUT2D eigenvalue weighted by Gasteiger charge is -2.25. The lowest BCUT2D eigenvalue weighted by atomic mass is 9.98. The summed E-state index contributed by atoms with van der Waals surface area (Å²) in [7, 11) is 0. The molecule has 6 heteroatoms. The van der Waals surface area contributed by atoms with E-state index in [-0.39, 0.29) is 12.6 Å². The number of para-hydroxylation sites is 2. The third-order valence-electron chi connectivity index (χ3n) is 3.80. The molecule has 2 aromatic rings. The number of hydrogen-bond acceptors (Lipinski definition) is 3. The fourth-order valence-electron chi connectivity index (χ4n) is 2.10. The van der Waals surface area contributed by atoms with Gasteiger partial charge in [0.05, 0.1) is 17.0 Å². The second kappa shape index (κ2) is 7.09. The van der Waals surface area contributed by atoms with Crippen LogP contribution >= 0.6 is 0 Å². The second-order valence-corrected chi connectivity index (χ2v) is 5.21. The Balaban J connectivity index is 2.04. The predicted octanol–water partition coefficient (Wildman–Crippen LogP) is 2.54. The normalized spacial score (nSPS) is 11.2. The molecule has 6 nitrogen and oxygen atoms in total. The van der Waals surface area contributed by atoms with Gasteiger partial charge in [-0.25, -0.2) is 9.48 Å². The van der Waals surface area contributed by atoms with Gasteiger partial charge in [-0.15, -0.1) is 0 Å². The third kappa shape index (κ3) is 3.85. The molecule has 0 fully saturated rings. The number of urea groups is 1. The average Bonchev–Trinajstić information content (AvgIpc) is 3.07. The van der Waals surface area contributed by atoms with Crippen molar-refractivity contribution in [2.75, 3.05) is 11.9 Å². The number of anilines is 1. The minimum Gasteiger partial charge on any atom is -0.388 e. The van der Waals surface area contributed by atoms with Crippen molar-refractivity contribution in [1.82, 2.24) is 15.1 Å². The number of nitrogens with zero attached hydrogens (tertiary/aromatic N) is 2. The zero-order chi connectivity index (χ0) is 16.0. The minimum atomic E-state index is -0.862. The van der Waals surface area contributed by atoms with Crippen LogP contribution in [0.25, 0.3) is 5.69 Å². The van der Waals surface area contributed by atoms with E-state index in [1.165, 1.54) is 0 Å². The van der Waals surface area contributed by atoms with Crippen LogP contribution in [-0.4, -0.2) is 33.1 Å². The van der Waals surface area contributed by atoms with Crippen molar-refractivity contribution in [1.29, 1.82) is 0 Å². The summed E-state index contributed by atoms with van der Waals surface area (Å²) in [5.41, 5.74) is 0.572. The van der Waals surface area contributed by atoms with Gasteiger partial charge in [-0.3, -0.25) is 0 Å². The van der Waals surface area contributed by atoms with Gasteiger partial charge in [0.1, 0.15) is 0 Å². The lowest BCUT2D eigenvalue weighted by Crippen LogP contribution is -2.43. The molecule has 0 atom stereocenters. The number of benzene rings is 1. The summed E-state index contributed by atoms with van der Waals surface area (Å²) in [6.45, 7) is 4.02. The molecule has 0 unspecified atom stereocenters. The number of carbonyl (C=O) groups excluding carboxylic acids is 1. The van der Waals surface area contributed by atoms with Crippen molar-refractivity contribution in [3.05, 3.63) is 42.7 Å². The molecule has 0 aliphatic rings. The Hall–Kier alpha value is -2.34. The summed E-state index contributed by atoms with van der Waals surface area (Å²) >= 11 is 0. The van der Waals surface area contributed by atoms with Crippen LogP contribution in [0.4, 0.5) is 10.5 Å². The highest BCUT2D eigenvalue weighted by Gasteiger charge is 2.22. The summed E-state index contributed by atoms with van der Waals surface area (Å²) < 4.78 is 1.68. The minimum absolute atomic E-state index is 0.218. The quantitative estimate of drug-likeness (QED) is 0.767. The molecule has 0 aliphatic carbocycles. The molecule has 0 spiro atoms. The molecule has 0 saturated heterocycles. The molecule has 1 heterocycles. The van der Waals surface area contributed by atoms with Crippen LogP contribution < -0.4 is 10.6 Å². The molecule has 0 aliphatic heterocycles. The van der Waals surface area contributed by atoms with E-state index in [9.17, 15) is 9.90 Å². The maximum Gasteiger partial charge on any atom is 0.319 e. The summed E-state index contributed by atoms with van der Waals surface area (Å²) in [6.07, 6.45) is 4.67. The molecule has 22 heavy (non-hydrogen) atoms. The summed E-state index contributed by atoms with van der Waals surface area (Å²) in [5, 5.41) is 19.9. The molecule has 1 aromatic carbocycles. The summed E-state index contributed by atoms with van der Waals surface area (Å²) in [4.78, 5) is 12.0. The van der Waals surface area contributed by atoms with Gasteiger partial charge in [0.15, 0.2) is 0 Å². The van der Waals surface area contributed by atoms with Gasteiger partial charge >= 0.3 is 6.03 Å². The Kier molecular flexibility index (Phi) is 5.16. The average molecular weight is 302 g/mol. The second-order valence-electron chi connectivity index (χ2n) is 5.21. The first-order chi connectivity index (χ1) is 10.6. The van der Waals surface area contributed by atoms with E-state index in [1.807, 2.05) is 50.4 Å². The van der Waals surface area contributed by atoms with E-state index >= 15 is 0 Å². The van der Waals surface area contributed by atoms with Crippen LogP contribution in [-0.2, 0) is 0 Å². The van der Waals surface area contributed by atoms with E-state index in [4.69, 9.17) is 0 Å². The first-order valence-electron chi connectivity index (χ1n) is 7.44. The van der Waals surface area contributed by atoms with E-state index in [0.29, 0.717) is 18.5 Å². The first kappa shape index (κ1) is 16.0. The van der Waals surface area contributed by atoms with Crippen LogP contribution in [0.15, 0.2) is 42.7 Å². The maximum absolute atomic E-state index is 12.0. The molecule has 2 amide bonds. The maximum atomic E-state index is 12.0. The Morgan fingerprint density at radius 2 is 2.00 bits per heavy atom. The molecule has 1 aromatic heterocycles. The molecule has 0 radical (unpaired) electrons. The van der Waals surface area contributed by atoms with Crippen LogP contribution in [0.2, 0.25) is 0 Å². The van der Waals surface area contributed by atoms with Gasteiger partial charge in [-0.05, 0) is 31.0 Å². The van der Waals surface area contributed by atoms with E-state index in [2.05, 4.69) is 15.7 Å². The van der Waals surface area contributed by atoms with Gasteiger partial charge in [0.25, 0.3) is 0 Å². The standard InChI is InChI=1S/C16H22N4O2/c1-3-16(22,4-2)12-17-15(21)19-13-8-5-6-9-14(13)20-11-7-10-18-20/h5-11,22H,3-4,12H2,1-2H3,(H2,17,19,21). The fourth-order valence-corrected chi connectivity index (χ4v) is 2.10. The first-order valence-corrected chi connectivity index (χ1v) is 7.44. The number of hydrogen-bond donors (Lipinski definition) is 3. The highest BCUT2D eigenvalue weighted by Crippen LogP contribution is 2.19. The molecule has 118 valence electrons. The van der Waals surface area contributed by atoms with E-state index in [0.717, 1.165) is 5.69 Å². The number of aliphatic hydroxyl groups is 1. The molecule has 0 saturated carbocycles. The molecule has 0 bridgehead atoms. The number of nitrogens with one attached hydrogen (secondary N) is 2. The van der Waals surface area contributed by atoms with Crippen molar-refractivity contribution in [3.63, 3.8) is 0 Å². The lowest BCUT2D eigenvalue weighted by molar-refractivity contribution is 0.0354. The van der Waals surface area contributed by atoms with Crippen LogP contribution in [0, 0.1) is 0 Å². The Labute approximate surface area is 130 Å². The van der Waals surface area contributed by atoms with Crippen LogP contribution in [0.3, 0.4) is 0 Å². The summed E-state index contributed by atoms with van der Waals surface area (Å²) in [5.74, 6) is 0. The Morgan fingerprint density at radius 3 is 2.64 bits per heavy atom.